The molecule has 1 aromatic rings. The van der Waals surface area contributed by atoms with Crippen LogP contribution < -0.4 is 11.1 Å². The van der Waals surface area contributed by atoms with Gasteiger partial charge >= 0.3 is 0 Å². The van der Waals surface area contributed by atoms with E-state index in [1.165, 1.54) is 25.7 Å². The molecule has 0 atom stereocenters. The maximum absolute atomic E-state index is 11.9. The summed E-state index contributed by atoms with van der Waals surface area (Å²) < 4.78 is 0. The molecule has 2 rings (SSSR count). The molecule has 0 spiro atoms. The molecule has 0 aromatic heterocycles. The third-order valence-electron chi connectivity index (χ3n) is 3.66. The number of benzene rings is 1. The Balaban J connectivity index is 0.00000162. The predicted octanol–water partition coefficient (Wildman–Crippen LogP) is 3.00. The van der Waals surface area contributed by atoms with Gasteiger partial charge in [0.25, 0.3) is 5.91 Å². The summed E-state index contributed by atoms with van der Waals surface area (Å²) in [4.78, 5) is 11.9. The number of nitrogens with two attached hydrogens (primary N) is 1. The van der Waals surface area contributed by atoms with Gasteiger partial charge in [0.1, 0.15) is 0 Å². The van der Waals surface area contributed by atoms with Gasteiger partial charge in [-0.25, -0.2) is 0 Å². The standard InChI is InChI=1S/C14H20N2O.ClH/c1-14(8-2-3-9-14)10-16-13(17)11-4-6-12(15)7-5-11;/h4-7H,2-3,8-10,15H2,1H3,(H,16,17);1H. The van der Waals surface area contributed by atoms with Crippen molar-refractivity contribution in [2.45, 2.75) is 32.6 Å². The van der Waals surface area contributed by atoms with E-state index in [0.717, 1.165) is 6.54 Å². The largest absolute Gasteiger partial charge is 0.399 e. The number of nitrogen functional groups attached to an aromatic ring is 1. The van der Waals surface area contributed by atoms with Crippen LogP contribution in [-0.4, -0.2) is 12.5 Å². The number of hydrogen-bond donors (Lipinski definition) is 2. The number of rotatable bonds is 3. The van der Waals surface area contributed by atoms with Crippen LogP contribution in [0, 0.1) is 5.41 Å². The maximum Gasteiger partial charge on any atom is 0.251 e. The molecular formula is C14H21ClN2O. The highest BCUT2D eigenvalue weighted by atomic mass is 35.5. The minimum absolute atomic E-state index is 0. The summed E-state index contributed by atoms with van der Waals surface area (Å²) in [5.74, 6) is -0.00174. The first-order valence-electron chi connectivity index (χ1n) is 6.23. The number of anilines is 1. The second kappa shape index (κ2) is 6.10. The lowest BCUT2D eigenvalue weighted by Crippen LogP contribution is -2.34. The minimum Gasteiger partial charge on any atom is -0.399 e. The Bertz CT molecular complexity index is 397. The predicted molar refractivity (Wildman–Crippen MR) is 77.0 cm³/mol. The summed E-state index contributed by atoms with van der Waals surface area (Å²) in [5.41, 5.74) is 7.25. The lowest BCUT2D eigenvalue weighted by Gasteiger charge is -2.23. The van der Waals surface area contributed by atoms with Crippen LogP contribution in [0.5, 0.6) is 0 Å². The first-order valence-corrected chi connectivity index (χ1v) is 6.23. The van der Waals surface area contributed by atoms with Crippen LogP contribution in [0.1, 0.15) is 43.0 Å². The van der Waals surface area contributed by atoms with Crippen molar-refractivity contribution in [1.29, 1.82) is 0 Å². The number of hydrogen-bond acceptors (Lipinski definition) is 2. The molecule has 1 aromatic carbocycles. The molecule has 0 radical (unpaired) electrons. The summed E-state index contributed by atoms with van der Waals surface area (Å²) in [6.45, 7) is 3.03. The van der Waals surface area contributed by atoms with Gasteiger partial charge < -0.3 is 11.1 Å². The number of carbonyl (C=O) groups is 1. The average Bonchev–Trinajstić information content (AvgIpc) is 2.75. The number of halogens is 1. The van der Waals surface area contributed by atoms with Crippen LogP contribution in [0.4, 0.5) is 5.69 Å². The third-order valence-corrected chi connectivity index (χ3v) is 3.66. The van der Waals surface area contributed by atoms with Crippen LogP contribution in [0.15, 0.2) is 24.3 Å². The van der Waals surface area contributed by atoms with E-state index in [2.05, 4.69) is 12.2 Å². The van der Waals surface area contributed by atoms with E-state index in [0.29, 0.717) is 16.7 Å². The van der Waals surface area contributed by atoms with Crippen molar-refractivity contribution >= 4 is 24.0 Å². The summed E-state index contributed by atoms with van der Waals surface area (Å²) in [7, 11) is 0. The molecule has 4 heteroatoms. The summed E-state index contributed by atoms with van der Waals surface area (Å²) in [6, 6.07) is 7.04. The third kappa shape index (κ3) is 3.64. The highest BCUT2D eigenvalue weighted by Crippen LogP contribution is 2.36. The molecule has 1 saturated carbocycles. The van der Waals surface area contributed by atoms with Crippen molar-refractivity contribution in [2.75, 3.05) is 12.3 Å². The van der Waals surface area contributed by atoms with E-state index in [4.69, 9.17) is 5.73 Å². The Kier molecular flexibility index (Phi) is 5.03. The zero-order valence-electron chi connectivity index (χ0n) is 10.7. The van der Waals surface area contributed by atoms with Gasteiger partial charge in [0.15, 0.2) is 0 Å². The fourth-order valence-electron chi connectivity index (χ4n) is 2.44. The Labute approximate surface area is 115 Å². The molecule has 0 heterocycles. The molecule has 100 valence electrons. The first kappa shape index (κ1) is 14.8. The molecular weight excluding hydrogens is 248 g/mol. The zero-order chi connectivity index (χ0) is 12.3. The normalized spacial score (nSPS) is 16.9. The number of carbonyl (C=O) groups excluding carboxylic acids is 1. The topological polar surface area (TPSA) is 55.1 Å². The van der Waals surface area contributed by atoms with Crippen molar-refractivity contribution in [3.8, 4) is 0 Å². The smallest absolute Gasteiger partial charge is 0.251 e. The van der Waals surface area contributed by atoms with E-state index in [1.807, 2.05) is 0 Å². The SMILES string of the molecule is CC1(CNC(=O)c2ccc(N)cc2)CCCC1.Cl. The van der Waals surface area contributed by atoms with Crippen molar-refractivity contribution in [3.05, 3.63) is 29.8 Å². The zero-order valence-corrected chi connectivity index (χ0v) is 11.6. The quantitative estimate of drug-likeness (QED) is 0.828. The highest BCUT2D eigenvalue weighted by Gasteiger charge is 2.28. The van der Waals surface area contributed by atoms with E-state index >= 15 is 0 Å². The fraction of sp³-hybridized carbons (Fsp3) is 0.500. The van der Waals surface area contributed by atoms with Gasteiger partial charge in [-0.05, 0) is 42.5 Å². The van der Waals surface area contributed by atoms with E-state index < -0.39 is 0 Å². The van der Waals surface area contributed by atoms with Gasteiger partial charge in [-0.3, -0.25) is 4.79 Å². The highest BCUT2D eigenvalue weighted by molar-refractivity contribution is 5.94. The molecule has 0 bridgehead atoms. The summed E-state index contributed by atoms with van der Waals surface area (Å²) in [5, 5.41) is 3.02. The lowest BCUT2D eigenvalue weighted by molar-refractivity contribution is 0.0934. The molecule has 1 amide bonds. The van der Waals surface area contributed by atoms with E-state index in [9.17, 15) is 4.79 Å². The Morgan fingerprint density at radius 3 is 2.39 bits per heavy atom. The van der Waals surface area contributed by atoms with Crippen LogP contribution in [0.2, 0.25) is 0 Å². The number of amides is 1. The Hall–Kier alpha value is -1.22. The molecule has 0 unspecified atom stereocenters. The second-order valence-electron chi connectivity index (χ2n) is 5.32. The van der Waals surface area contributed by atoms with Crippen LogP contribution in [0.3, 0.4) is 0 Å². The van der Waals surface area contributed by atoms with Gasteiger partial charge in [0, 0.05) is 17.8 Å². The monoisotopic (exact) mass is 268 g/mol. The molecule has 1 fully saturated rings. The van der Waals surface area contributed by atoms with E-state index in [-0.39, 0.29) is 18.3 Å². The second-order valence-corrected chi connectivity index (χ2v) is 5.32. The minimum atomic E-state index is -0.00174. The molecule has 3 nitrogen and oxygen atoms in total. The maximum atomic E-state index is 11.9. The van der Waals surface area contributed by atoms with Crippen LogP contribution >= 0.6 is 12.4 Å². The molecule has 1 aliphatic rings. The molecule has 1 aliphatic carbocycles. The molecule has 3 N–H and O–H groups in total. The van der Waals surface area contributed by atoms with Crippen molar-refractivity contribution in [3.63, 3.8) is 0 Å². The van der Waals surface area contributed by atoms with Gasteiger partial charge in [0.2, 0.25) is 0 Å². The van der Waals surface area contributed by atoms with Gasteiger partial charge in [-0.15, -0.1) is 12.4 Å². The van der Waals surface area contributed by atoms with E-state index in [1.54, 1.807) is 24.3 Å². The summed E-state index contributed by atoms with van der Waals surface area (Å²) >= 11 is 0. The molecule has 0 aliphatic heterocycles. The van der Waals surface area contributed by atoms with Crippen LogP contribution in [0.25, 0.3) is 0 Å². The van der Waals surface area contributed by atoms with Gasteiger partial charge in [-0.2, -0.15) is 0 Å². The molecule has 0 saturated heterocycles. The first-order chi connectivity index (χ1) is 8.09. The van der Waals surface area contributed by atoms with Gasteiger partial charge in [0.05, 0.1) is 0 Å². The van der Waals surface area contributed by atoms with Crippen molar-refractivity contribution in [2.24, 2.45) is 5.41 Å². The van der Waals surface area contributed by atoms with Crippen LogP contribution in [-0.2, 0) is 0 Å². The van der Waals surface area contributed by atoms with Crippen molar-refractivity contribution < 1.29 is 4.79 Å². The lowest BCUT2D eigenvalue weighted by atomic mass is 9.89. The number of nitrogens with one attached hydrogen (secondary N) is 1. The average molecular weight is 269 g/mol. The Morgan fingerprint density at radius 1 is 1.28 bits per heavy atom. The van der Waals surface area contributed by atoms with Crippen molar-refractivity contribution in [1.82, 2.24) is 5.32 Å². The fourth-order valence-corrected chi connectivity index (χ4v) is 2.44. The Morgan fingerprint density at radius 2 is 1.83 bits per heavy atom. The molecule has 18 heavy (non-hydrogen) atoms. The van der Waals surface area contributed by atoms with Gasteiger partial charge in [-0.1, -0.05) is 19.8 Å². The summed E-state index contributed by atoms with van der Waals surface area (Å²) in [6.07, 6.45) is 5.01.